The first-order valence-corrected chi connectivity index (χ1v) is 7.70. The van der Waals surface area contributed by atoms with Gasteiger partial charge in [0.1, 0.15) is 12.4 Å². The highest BCUT2D eigenvalue weighted by atomic mass is 16.3. The number of aliphatic hydroxyl groups is 1. The minimum absolute atomic E-state index is 0.158. The molecule has 0 unspecified atom stereocenters. The van der Waals surface area contributed by atoms with E-state index >= 15 is 0 Å². The Hall–Kier alpha value is -2.84. The van der Waals surface area contributed by atoms with Gasteiger partial charge in [0, 0.05) is 16.5 Å². The van der Waals surface area contributed by atoms with Gasteiger partial charge in [-0.25, -0.2) is 9.97 Å². The Morgan fingerprint density at radius 1 is 1.21 bits per heavy atom. The van der Waals surface area contributed by atoms with Gasteiger partial charge < -0.3 is 14.8 Å². The van der Waals surface area contributed by atoms with Crippen molar-refractivity contribution in [2.75, 3.05) is 11.9 Å². The van der Waals surface area contributed by atoms with Crippen LogP contribution in [-0.4, -0.2) is 27.2 Å². The minimum atomic E-state index is -0.168. The van der Waals surface area contributed by atoms with Crippen molar-refractivity contribution in [1.82, 2.24) is 9.97 Å². The average Bonchev–Trinajstić information content (AvgIpc) is 3.06. The standard InChI is InChI=1S/C19H19N3O2/c1-19(2,3)22-17-14-12-13(6-4-10-23)8-9-15(14)20-18(21-17)16-7-5-11-24-16/h5,7-9,11-12,23H,10H2,1-3H3,(H,20,21,22). The summed E-state index contributed by atoms with van der Waals surface area (Å²) < 4.78 is 5.43. The Kier molecular flexibility index (Phi) is 4.24. The lowest BCUT2D eigenvalue weighted by Gasteiger charge is -2.22. The Balaban J connectivity index is 2.19. The molecular weight excluding hydrogens is 302 g/mol. The van der Waals surface area contributed by atoms with Gasteiger partial charge in [-0.1, -0.05) is 11.8 Å². The number of rotatable bonds is 2. The first-order chi connectivity index (χ1) is 11.5. The van der Waals surface area contributed by atoms with Crippen LogP contribution in [0.2, 0.25) is 0 Å². The first kappa shape index (κ1) is 16.0. The summed E-state index contributed by atoms with van der Waals surface area (Å²) in [5.74, 6) is 7.46. The van der Waals surface area contributed by atoms with Crippen molar-refractivity contribution in [3.8, 4) is 23.4 Å². The quantitative estimate of drug-likeness (QED) is 0.708. The number of fused-ring (bicyclic) bond motifs is 1. The smallest absolute Gasteiger partial charge is 0.198 e. The van der Waals surface area contributed by atoms with Crippen molar-refractivity contribution in [3.05, 3.63) is 42.2 Å². The summed E-state index contributed by atoms with van der Waals surface area (Å²) >= 11 is 0. The van der Waals surface area contributed by atoms with Crippen LogP contribution in [0.1, 0.15) is 26.3 Å². The third-order valence-electron chi connectivity index (χ3n) is 3.24. The Morgan fingerprint density at radius 2 is 2.04 bits per heavy atom. The van der Waals surface area contributed by atoms with Gasteiger partial charge in [0.25, 0.3) is 0 Å². The van der Waals surface area contributed by atoms with Gasteiger partial charge in [-0.15, -0.1) is 0 Å². The van der Waals surface area contributed by atoms with Crippen molar-refractivity contribution in [2.24, 2.45) is 0 Å². The van der Waals surface area contributed by atoms with Crippen LogP contribution in [0.15, 0.2) is 41.0 Å². The van der Waals surface area contributed by atoms with Crippen molar-refractivity contribution >= 4 is 16.7 Å². The molecule has 3 rings (SSSR count). The molecule has 0 atom stereocenters. The molecule has 0 saturated carbocycles. The summed E-state index contributed by atoms with van der Waals surface area (Å²) in [4.78, 5) is 9.22. The number of nitrogens with zero attached hydrogens (tertiary/aromatic N) is 2. The summed E-state index contributed by atoms with van der Waals surface area (Å²) in [6.45, 7) is 6.05. The molecule has 1 aromatic carbocycles. The maximum atomic E-state index is 8.87. The maximum Gasteiger partial charge on any atom is 0.198 e. The van der Waals surface area contributed by atoms with Crippen LogP contribution in [-0.2, 0) is 0 Å². The van der Waals surface area contributed by atoms with Gasteiger partial charge in [-0.2, -0.15) is 0 Å². The SMILES string of the molecule is CC(C)(C)Nc1nc(-c2ccco2)nc2ccc(C#CCO)cc12. The van der Waals surface area contributed by atoms with Crippen LogP contribution in [0.4, 0.5) is 5.82 Å². The average molecular weight is 321 g/mol. The summed E-state index contributed by atoms with van der Waals surface area (Å²) in [6, 6.07) is 9.36. The molecule has 3 aromatic rings. The Bertz CT molecular complexity index is 913. The fourth-order valence-electron chi connectivity index (χ4n) is 2.31. The van der Waals surface area contributed by atoms with E-state index in [4.69, 9.17) is 9.52 Å². The van der Waals surface area contributed by atoms with E-state index in [0.29, 0.717) is 11.6 Å². The molecule has 0 bridgehead atoms. The van der Waals surface area contributed by atoms with Crippen LogP contribution in [0.3, 0.4) is 0 Å². The fourth-order valence-corrected chi connectivity index (χ4v) is 2.31. The van der Waals surface area contributed by atoms with Crippen LogP contribution in [0.5, 0.6) is 0 Å². The molecule has 0 aliphatic carbocycles. The van der Waals surface area contributed by atoms with Crippen molar-refractivity contribution in [3.63, 3.8) is 0 Å². The summed E-state index contributed by atoms with van der Waals surface area (Å²) in [5, 5.41) is 13.2. The van der Waals surface area contributed by atoms with E-state index in [1.165, 1.54) is 0 Å². The second kappa shape index (κ2) is 6.34. The molecule has 0 aliphatic heterocycles. The van der Waals surface area contributed by atoms with Crippen molar-refractivity contribution in [2.45, 2.75) is 26.3 Å². The first-order valence-electron chi connectivity index (χ1n) is 7.70. The lowest BCUT2D eigenvalue weighted by atomic mass is 10.1. The topological polar surface area (TPSA) is 71.2 Å². The highest BCUT2D eigenvalue weighted by molar-refractivity contribution is 5.91. The molecule has 2 N–H and O–H groups in total. The van der Waals surface area contributed by atoms with E-state index in [0.717, 1.165) is 22.3 Å². The van der Waals surface area contributed by atoms with E-state index in [-0.39, 0.29) is 12.1 Å². The molecule has 24 heavy (non-hydrogen) atoms. The molecule has 122 valence electrons. The number of hydrogen-bond acceptors (Lipinski definition) is 5. The molecule has 0 amide bonds. The molecular formula is C19H19N3O2. The lowest BCUT2D eigenvalue weighted by molar-refractivity contribution is 0.350. The van der Waals surface area contributed by atoms with Gasteiger partial charge in [0.15, 0.2) is 11.6 Å². The van der Waals surface area contributed by atoms with E-state index in [1.54, 1.807) is 6.26 Å². The minimum Gasteiger partial charge on any atom is -0.461 e. The van der Waals surface area contributed by atoms with Gasteiger partial charge in [0.05, 0.1) is 11.8 Å². The number of aromatic nitrogens is 2. The highest BCUT2D eigenvalue weighted by Crippen LogP contribution is 2.27. The third kappa shape index (κ3) is 3.55. The van der Waals surface area contributed by atoms with E-state index in [9.17, 15) is 0 Å². The molecule has 5 nitrogen and oxygen atoms in total. The number of benzene rings is 1. The molecule has 0 aliphatic rings. The second-order valence-electron chi connectivity index (χ2n) is 6.44. The largest absolute Gasteiger partial charge is 0.461 e. The summed E-state index contributed by atoms with van der Waals surface area (Å²) in [7, 11) is 0. The zero-order chi connectivity index (χ0) is 17.2. The molecule has 0 spiro atoms. The highest BCUT2D eigenvalue weighted by Gasteiger charge is 2.16. The lowest BCUT2D eigenvalue weighted by Crippen LogP contribution is -2.27. The molecule has 2 heterocycles. The second-order valence-corrected chi connectivity index (χ2v) is 6.44. The zero-order valence-electron chi connectivity index (χ0n) is 13.9. The molecule has 5 heteroatoms. The number of aliphatic hydroxyl groups excluding tert-OH is 1. The normalized spacial score (nSPS) is 11.2. The van der Waals surface area contributed by atoms with Crippen LogP contribution in [0.25, 0.3) is 22.5 Å². The Labute approximate surface area is 140 Å². The van der Waals surface area contributed by atoms with Gasteiger partial charge in [0.2, 0.25) is 0 Å². The van der Waals surface area contributed by atoms with E-state index < -0.39 is 0 Å². The molecule has 0 fully saturated rings. The van der Waals surface area contributed by atoms with Crippen LogP contribution >= 0.6 is 0 Å². The molecule has 0 saturated heterocycles. The molecule has 0 radical (unpaired) electrons. The van der Waals surface area contributed by atoms with Crippen LogP contribution in [0, 0.1) is 11.8 Å². The van der Waals surface area contributed by atoms with Gasteiger partial charge >= 0.3 is 0 Å². The fraction of sp³-hybridized carbons (Fsp3) is 0.263. The third-order valence-corrected chi connectivity index (χ3v) is 3.24. The van der Waals surface area contributed by atoms with Crippen molar-refractivity contribution in [1.29, 1.82) is 0 Å². The summed E-state index contributed by atoms with van der Waals surface area (Å²) in [5.41, 5.74) is 1.45. The molecule has 2 aromatic heterocycles. The Morgan fingerprint density at radius 3 is 2.71 bits per heavy atom. The number of anilines is 1. The predicted molar refractivity (Wildman–Crippen MR) is 94.6 cm³/mol. The number of nitrogens with one attached hydrogen (secondary N) is 1. The summed E-state index contributed by atoms with van der Waals surface area (Å²) in [6.07, 6.45) is 1.60. The van der Waals surface area contributed by atoms with Crippen molar-refractivity contribution < 1.29 is 9.52 Å². The maximum absolute atomic E-state index is 8.87. The number of furan rings is 1. The zero-order valence-corrected chi connectivity index (χ0v) is 13.9. The predicted octanol–water partition coefficient (Wildman–Crippen LogP) is 3.44. The van der Waals surface area contributed by atoms with Crippen LogP contribution < -0.4 is 5.32 Å². The van der Waals surface area contributed by atoms with E-state index in [1.807, 2.05) is 30.3 Å². The van der Waals surface area contributed by atoms with E-state index in [2.05, 4.69) is 47.9 Å². The van der Waals surface area contributed by atoms with Gasteiger partial charge in [-0.3, -0.25) is 0 Å². The van der Waals surface area contributed by atoms with Gasteiger partial charge in [-0.05, 0) is 51.1 Å². The number of hydrogen-bond donors (Lipinski definition) is 2. The monoisotopic (exact) mass is 321 g/mol.